The number of carboxylic acids is 1. The summed E-state index contributed by atoms with van der Waals surface area (Å²) in [6, 6.07) is 17.6. The van der Waals surface area contributed by atoms with Crippen molar-refractivity contribution in [3.63, 3.8) is 0 Å². The van der Waals surface area contributed by atoms with Crippen LogP contribution in [0, 0.1) is 16.7 Å². The first kappa shape index (κ1) is 20.2. The van der Waals surface area contributed by atoms with Gasteiger partial charge in [-0.3, -0.25) is 4.79 Å². The molecule has 3 rings (SSSR count). The van der Waals surface area contributed by atoms with Crippen LogP contribution in [0.15, 0.2) is 59.8 Å². The molecule has 0 spiro atoms. The van der Waals surface area contributed by atoms with Crippen molar-refractivity contribution in [1.29, 1.82) is 0 Å². The number of nitrogens with one attached hydrogen (secondary N) is 2. The summed E-state index contributed by atoms with van der Waals surface area (Å²) in [5, 5.41) is 19.0. The Balaban J connectivity index is 1.51. The second-order valence-corrected chi connectivity index (χ2v) is 7.40. The van der Waals surface area contributed by atoms with Crippen LogP contribution in [0.5, 0.6) is 0 Å². The molecule has 0 aromatic heterocycles. The van der Waals surface area contributed by atoms with Crippen LogP contribution in [0.25, 0.3) is 11.1 Å². The third kappa shape index (κ3) is 5.47. The number of hydrogen-bond donors (Lipinski definition) is 3. The van der Waals surface area contributed by atoms with Gasteiger partial charge in [-0.2, -0.15) is 4.91 Å². The molecule has 2 aromatic rings. The van der Waals surface area contributed by atoms with Gasteiger partial charge in [0.25, 0.3) is 0 Å². The lowest BCUT2D eigenvalue weighted by Gasteiger charge is -2.27. The topological polar surface area (TPSA) is 90.8 Å². The van der Waals surface area contributed by atoms with Crippen molar-refractivity contribution in [2.24, 2.45) is 17.0 Å². The fourth-order valence-corrected chi connectivity index (χ4v) is 3.76. The molecular weight excluding hydrogens is 354 g/mol. The van der Waals surface area contributed by atoms with E-state index in [9.17, 15) is 9.70 Å². The van der Waals surface area contributed by atoms with E-state index >= 15 is 0 Å². The van der Waals surface area contributed by atoms with Crippen LogP contribution in [-0.4, -0.2) is 37.3 Å². The number of nitroso groups, excluding NO2 is 1. The average Bonchev–Trinajstić information content (AvgIpc) is 2.75. The van der Waals surface area contributed by atoms with Crippen LogP contribution in [0.2, 0.25) is 0 Å². The van der Waals surface area contributed by atoms with Gasteiger partial charge in [-0.25, -0.2) is 0 Å². The van der Waals surface area contributed by atoms with Crippen molar-refractivity contribution in [1.82, 2.24) is 10.6 Å². The van der Waals surface area contributed by atoms with Crippen LogP contribution in [0.4, 0.5) is 0 Å². The maximum Gasteiger partial charge on any atom is 0.307 e. The summed E-state index contributed by atoms with van der Waals surface area (Å²) in [6.07, 6.45) is 1.30. The standard InChI is InChI=1S/C22H27N3O3/c26-22(27)20-11-16(14-24-15-20)13-23-10-9-21(25-28)19-8-4-7-18(12-19)17-5-2-1-3-6-17/h1-8,12,16,20-21,23-24H,9-11,13-15H2,(H,26,27). The first-order chi connectivity index (χ1) is 13.7. The molecule has 3 atom stereocenters. The normalized spacial score (nSPS) is 20.4. The molecule has 1 aliphatic heterocycles. The number of piperidine rings is 1. The van der Waals surface area contributed by atoms with Gasteiger partial charge >= 0.3 is 5.97 Å². The summed E-state index contributed by atoms with van der Waals surface area (Å²) in [4.78, 5) is 22.6. The van der Waals surface area contributed by atoms with Crippen molar-refractivity contribution in [2.45, 2.75) is 18.9 Å². The van der Waals surface area contributed by atoms with E-state index in [1.807, 2.05) is 54.6 Å². The molecule has 148 valence electrons. The first-order valence-corrected chi connectivity index (χ1v) is 9.79. The number of hydrogen-bond acceptors (Lipinski definition) is 5. The lowest BCUT2D eigenvalue weighted by atomic mass is 9.90. The van der Waals surface area contributed by atoms with Gasteiger partial charge in [0.1, 0.15) is 6.04 Å². The third-order valence-corrected chi connectivity index (χ3v) is 5.32. The van der Waals surface area contributed by atoms with Gasteiger partial charge in [0.15, 0.2) is 0 Å². The summed E-state index contributed by atoms with van der Waals surface area (Å²) in [6.45, 7) is 2.78. The summed E-state index contributed by atoms with van der Waals surface area (Å²) in [5.74, 6) is -0.759. The van der Waals surface area contributed by atoms with Gasteiger partial charge < -0.3 is 15.7 Å². The van der Waals surface area contributed by atoms with Crippen LogP contribution in [0.1, 0.15) is 24.4 Å². The van der Waals surface area contributed by atoms with E-state index < -0.39 is 12.0 Å². The van der Waals surface area contributed by atoms with E-state index in [-0.39, 0.29) is 5.92 Å². The quantitative estimate of drug-likeness (QED) is 0.457. The zero-order valence-electron chi connectivity index (χ0n) is 15.9. The number of benzene rings is 2. The molecule has 3 unspecified atom stereocenters. The van der Waals surface area contributed by atoms with E-state index in [1.54, 1.807) is 0 Å². The minimum Gasteiger partial charge on any atom is -0.481 e. The molecule has 1 fully saturated rings. The molecular formula is C22H27N3O3. The van der Waals surface area contributed by atoms with Crippen LogP contribution in [0.3, 0.4) is 0 Å². The number of nitrogens with zero attached hydrogens (tertiary/aromatic N) is 1. The molecule has 0 amide bonds. The van der Waals surface area contributed by atoms with E-state index in [4.69, 9.17) is 5.11 Å². The smallest absolute Gasteiger partial charge is 0.307 e. The highest BCUT2D eigenvalue weighted by molar-refractivity contribution is 5.70. The van der Waals surface area contributed by atoms with Gasteiger partial charge in [0, 0.05) is 6.54 Å². The largest absolute Gasteiger partial charge is 0.481 e. The van der Waals surface area contributed by atoms with Gasteiger partial charge in [0.2, 0.25) is 0 Å². The molecule has 0 aliphatic carbocycles. The molecule has 0 saturated carbocycles. The van der Waals surface area contributed by atoms with Crippen molar-refractivity contribution in [3.8, 4) is 11.1 Å². The summed E-state index contributed by atoms with van der Waals surface area (Å²) >= 11 is 0. The molecule has 2 aromatic carbocycles. The summed E-state index contributed by atoms with van der Waals surface area (Å²) < 4.78 is 0. The van der Waals surface area contributed by atoms with Crippen molar-refractivity contribution < 1.29 is 9.90 Å². The zero-order chi connectivity index (χ0) is 19.8. The van der Waals surface area contributed by atoms with Gasteiger partial charge in [-0.05, 0) is 61.2 Å². The predicted molar refractivity (Wildman–Crippen MR) is 110 cm³/mol. The Kier molecular flexibility index (Phi) is 7.28. The molecule has 1 saturated heterocycles. The molecule has 6 heteroatoms. The maximum absolute atomic E-state index is 11.4. The number of aliphatic carboxylic acids is 1. The number of carbonyl (C=O) groups is 1. The van der Waals surface area contributed by atoms with E-state index in [0.717, 1.165) is 29.8 Å². The van der Waals surface area contributed by atoms with Crippen LogP contribution >= 0.6 is 0 Å². The lowest BCUT2D eigenvalue weighted by molar-refractivity contribution is -0.142. The van der Waals surface area contributed by atoms with E-state index in [2.05, 4.69) is 15.8 Å². The van der Waals surface area contributed by atoms with Crippen LogP contribution in [-0.2, 0) is 4.79 Å². The molecule has 0 radical (unpaired) electrons. The van der Waals surface area contributed by atoms with Crippen LogP contribution < -0.4 is 10.6 Å². The number of carboxylic acid groups (broad SMARTS) is 1. The fourth-order valence-electron chi connectivity index (χ4n) is 3.76. The molecule has 6 nitrogen and oxygen atoms in total. The summed E-state index contributed by atoms with van der Waals surface area (Å²) in [7, 11) is 0. The van der Waals surface area contributed by atoms with Crippen molar-refractivity contribution >= 4 is 5.97 Å². The second kappa shape index (κ2) is 10.1. The SMILES string of the molecule is O=NC(CCNCC1CNCC(C(=O)O)C1)c1cccc(-c2ccccc2)c1. The first-order valence-electron chi connectivity index (χ1n) is 9.79. The highest BCUT2D eigenvalue weighted by Gasteiger charge is 2.26. The monoisotopic (exact) mass is 381 g/mol. The van der Waals surface area contributed by atoms with Gasteiger partial charge in [-0.1, -0.05) is 53.7 Å². The highest BCUT2D eigenvalue weighted by atomic mass is 16.4. The zero-order valence-corrected chi connectivity index (χ0v) is 15.9. The van der Waals surface area contributed by atoms with Crippen molar-refractivity contribution in [3.05, 3.63) is 65.1 Å². The average molecular weight is 381 g/mol. The predicted octanol–water partition coefficient (Wildman–Crippen LogP) is 3.45. The van der Waals surface area contributed by atoms with Gasteiger partial charge in [0.05, 0.1) is 5.92 Å². The third-order valence-electron chi connectivity index (χ3n) is 5.32. The Morgan fingerprint density at radius 1 is 1.14 bits per heavy atom. The Morgan fingerprint density at radius 3 is 2.68 bits per heavy atom. The molecule has 0 bridgehead atoms. The minimum atomic E-state index is -0.735. The Morgan fingerprint density at radius 2 is 1.93 bits per heavy atom. The van der Waals surface area contributed by atoms with E-state index in [0.29, 0.717) is 31.8 Å². The molecule has 1 aliphatic rings. The fraction of sp³-hybridized carbons (Fsp3) is 0.409. The Hall–Kier alpha value is -2.57. The number of rotatable bonds is 9. The van der Waals surface area contributed by atoms with E-state index in [1.165, 1.54) is 0 Å². The maximum atomic E-state index is 11.4. The minimum absolute atomic E-state index is 0.291. The molecule has 1 heterocycles. The summed E-state index contributed by atoms with van der Waals surface area (Å²) in [5.41, 5.74) is 3.11. The Bertz CT molecular complexity index is 782. The van der Waals surface area contributed by atoms with Crippen molar-refractivity contribution in [2.75, 3.05) is 26.2 Å². The molecule has 28 heavy (non-hydrogen) atoms. The van der Waals surface area contributed by atoms with Gasteiger partial charge in [-0.15, -0.1) is 0 Å². The lowest BCUT2D eigenvalue weighted by Crippen LogP contribution is -2.43. The second-order valence-electron chi connectivity index (χ2n) is 7.40. The highest BCUT2D eigenvalue weighted by Crippen LogP contribution is 2.26. The molecule has 3 N–H and O–H groups in total. The Labute approximate surface area is 165 Å².